The minimum atomic E-state index is -1.16. The summed E-state index contributed by atoms with van der Waals surface area (Å²) in [7, 11) is 0. The van der Waals surface area contributed by atoms with Crippen molar-refractivity contribution in [2.24, 2.45) is 0 Å². The van der Waals surface area contributed by atoms with E-state index in [0.29, 0.717) is 43.5 Å². The van der Waals surface area contributed by atoms with Crippen molar-refractivity contribution in [3.8, 4) is 17.0 Å². The lowest BCUT2D eigenvalue weighted by Gasteiger charge is -2.17. The minimum absolute atomic E-state index is 0.343. The highest BCUT2D eigenvalue weighted by Gasteiger charge is 2.17. The van der Waals surface area contributed by atoms with Crippen molar-refractivity contribution in [3.05, 3.63) is 70.2 Å². The lowest BCUT2D eigenvalue weighted by molar-refractivity contribution is 0.227. The molecule has 0 radical (unpaired) electrons. The van der Waals surface area contributed by atoms with Gasteiger partial charge in [0.05, 0.1) is 15.6 Å². The second-order valence-electron chi connectivity index (χ2n) is 6.05. The molecule has 0 aliphatic heterocycles. The zero-order valence-electron chi connectivity index (χ0n) is 14.4. The lowest BCUT2D eigenvalue weighted by atomic mass is 10.1. The molecule has 4 aromatic rings. The van der Waals surface area contributed by atoms with E-state index >= 15 is 0 Å². The predicted octanol–water partition coefficient (Wildman–Crippen LogP) is 5.74. The van der Waals surface area contributed by atoms with Crippen molar-refractivity contribution >= 4 is 34.1 Å². The van der Waals surface area contributed by atoms with Gasteiger partial charge < -0.3 is 4.74 Å². The van der Waals surface area contributed by atoms with Crippen LogP contribution in [-0.4, -0.2) is 20.2 Å². The van der Waals surface area contributed by atoms with Crippen molar-refractivity contribution in [2.45, 2.75) is 13.0 Å². The number of nitrogens with zero attached hydrogens (tertiary/aromatic N) is 3. The molecule has 0 saturated heterocycles. The van der Waals surface area contributed by atoms with Gasteiger partial charge in [-0.05, 0) is 31.2 Å². The Balaban J connectivity index is 1.70. The summed E-state index contributed by atoms with van der Waals surface area (Å²) in [5.74, 6) is -1.67. The fourth-order valence-electron chi connectivity index (χ4n) is 2.91. The minimum Gasteiger partial charge on any atom is -0.486 e. The second kappa shape index (κ2) is 7.33. The number of hydrogen-bond donors (Lipinski definition) is 1. The quantitative estimate of drug-likeness (QED) is 0.427. The Hall–Kier alpha value is -2.77. The average molecular weight is 421 g/mol. The van der Waals surface area contributed by atoms with E-state index in [2.05, 4.69) is 20.2 Å². The summed E-state index contributed by atoms with van der Waals surface area (Å²) >= 11 is 12.4. The van der Waals surface area contributed by atoms with Crippen molar-refractivity contribution in [3.63, 3.8) is 0 Å². The summed E-state index contributed by atoms with van der Waals surface area (Å²) in [6.45, 7) is 1.81. The Morgan fingerprint density at radius 1 is 1.07 bits per heavy atom. The van der Waals surface area contributed by atoms with E-state index in [-0.39, 0.29) is 0 Å². The van der Waals surface area contributed by atoms with Gasteiger partial charge in [0.15, 0.2) is 5.82 Å². The summed E-state index contributed by atoms with van der Waals surface area (Å²) in [6.07, 6.45) is 3.77. The molecule has 1 N–H and O–H groups in total. The smallest absolute Gasteiger partial charge is 0.248 e. The van der Waals surface area contributed by atoms with Gasteiger partial charge in [-0.3, -0.25) is 10.1 Å². The van der Waals surface area contributed by atoms with Crippen LogP contribution in [0.2, 0.25) is 10.0 Å². The molecule has 3 heterocycles. The molecule has 0 aliphatic rings. The van der Waals surface area contributed by atoms with Gasteiger partial charge in [-0.15, -0.1) is 0 Å². The van der Waals surface area contributed by atoms with Crippen LogP contribution in [0.15, 0.2) is 42.9 Å². The number of rotatable bonds is 4. The van der Waals surface area contributed by atoms with Gasteiger partial charge in [0.2, 0.25) is 5.95 Å². The molecule has 1 atom stereocenters. The standard InChI is InChI=1S/C19H12Cl2F2N4O/c1-9(17-13(20)7-24-8-14(17)21)28-11-2-3-16-12(5-11)18(27-26-16)10-4-15(22)19(23)25-6-10/h2-9H,1H3,(H,26,27)/t9-/m1/s1. The fraction of sp³-hybridized carbons (Fsp3) is 0.105. The Morgan fingerprint density at radius 2 is 1.82 bits per heavy atom. The van der Waals surface area contributed by atoms with E-state index in [1.165, 1.54) is 18.6 Å². The number of aromatic nitrogens is 4. The number of ether oxygens (including phenoxy) is 1. The van der Waals surface area contributed by atoms with Gasteiger partial charge in [-0.1, -0.05) is 23.2 Å². The number of hydrogen-bond acceptors (Lipinski definition) is 4. The molecular weight excluding hydrogens is 409 g/mol. The molecule has 28 heavy (non-hydrogen) atoms. The maximum atomic E-state index is 13.6. The molecule has 0 unspecified atom stereocenters. The number of aromatic amines is 1. The number of nitrogens with one attached hydrogen (secondary N) is 1. The number of fused-ring (bicyclic) bond motifs is 1. The van der Waals surface area contributed by atoms with Crippen LogP contribution in [0.1, 0.15) is 18.6 Å². The normalized spacial score (nSPS) is 12.3. The van der Waals surface area contributed by atoms with Crippen molar-refractivity contribution in [2.75, 3.05) is 0 Å². The zero-order valence-corrected chi connectivity index (χ0v) is 15.9. The van der Waals surface area contributed by atoms with Gasteiger partial charge in [0.25, 0.3) is 0 Å². The molecule has 142 valence electrons. The summed E-state index contributed by atoms with van der Waals surface area (Å²) in [5, 5.41) is 8.51. The van der Waals surface area contributed by atoms with E-state index in [4.69, 9.17) is 27.9 Å². The van der Waals surface area contributed by atoms with Crippen LogP contribution in [0, 0.1) is 11.8 Å². The van der Waals surface area contributed by atoms with Crippen molar-refractivity contribution < 1.29 is 13.5 Å². The molecule has 1 aromatic carbocycles. The van der Waals surface area contributed by atoms with Gasteiger partial charge in [0, 0.05) is 35.1 Å². The summed E-state index contributed by atoms with van der Waals surface area (Å²) in [5.41, 5.74) is 2.10. The topological polar surface area (TPSA) is 63.7 Å². The second-order valence-corrected chi connectivity index (χ2v) is 6.87. The van der Waals surface area contributed by atoms with Crippen LogP contribution in [-0.2, 0) is 0 Å². The summed E-state index contributed by atoms with van der Waals surface area (Å²) in [4.78, 5) is 7.34. The first-order valence-corrected chi connectivity index (χ1v) is 8.94. The number of benzene rings is 1. The molecule has 0 amide bonds. The molecule has 0 saturated carbocycles. The average Bonchev–Trinajstić information content (AvgIpc) is 3.07. The molecule has 5 nitrogen and oxygen atoms in total. The maximum absolute atomic E-state index is 13.6. The Labute approximate surface area is 168 Å². The fourth-order valence-corrected chi connectivity index (χ4v) is 3.58. The molecular formula is C19H12Cl2F2N4O. The Bertz CT molecular complexity index is 1160. The highest BCUT2D eigenvalue weighted by Crippen LogP contribution is 2.34. The number of H-pyrrole nitrogens is 1. The van der Waals surface area contributed by atoms with Crippen molar-refractivity contribution in [1.29, 1.82) is 0 Å². The third-order valence-electron chi connectivity index (χ3n) is 4.21. The van der Waals surface area contributed by atoms with Gasteiger partial charge in [0.1, 0.15) is 17.5 Å². The Morgan fingerprint density at radius 3 is 2.54 bits per heavy atom. The zero-order chi connectivity index (χ0) is 19.8. The molecule has 4 rings (SSSR count). The highest BCUT2D eigenvalue weighted by molar-refractivity contribution is 6.35. The third-order valence-corrected chi connectivity index (χ3v) is 4.82. The van der Waals surface area contributed by atoms with E-state index in [1.807, 2.05) is 6.92 Å². The number of pyridine rings is 2. The first-order chi connectivity index (χ1) is 13.4. The van der Waals surface area contributed by atoms with Crippen LogP contribution in [0.25, 0.3) is 22.2 Å². The molecule has 3 aromatic heterocycles. The molecule has 0 fully saturated rings. The van der Waals surface area contributed by atoms with E-state index in [9.17, 15) is 8.78 Å². The highest BCUT2D eigenvalue weighted by atomic mass is 35.5. The van der Waals surface area contributed by atoms with Crippen LogP contribution < -0.4 is 4.74 Å². The summed E-state index contributed by atoms with van der Waals surface area (Å²) in [6, 6.07) is 6.32. The number of halogens is 4. The summed E-state index contributed by atoms with van der Waals surface area (Å²) < 4.78 is 32.7. The molecule has 0 bridgehead atoms. The Kier molecular flexibility index (Phi) is 4.87. The first-order valence-electron chi connectivity index (χ1n) is 8.19. The van der Waals surface area contributed by atoms with Crippen LogP contribution >= 0.6 is 23.2 Å². The maximum Gasteiger partial charge on any atom is 0.248 e. The van der Waals surface area contributed by atoms with Crippen LogP contribution in [0.5, 0.6) is 5.75 Å². The van der Waals surface area contributed by atoms with Crippen LogP contribution in [0.3, 0.4) is 0 Å². The van der Waals surface area contributed by atoms with Crippen molar-refractivity contribution in [1.82, 2.24) is 20.2 Å². The molecule has 9 heteroatoms. The van der Waals surface area contributed by atoms with Crippen LogP contribution in [0.4, 0.5) is 8.78 Å². The molecule has 0 aliphatic carbocycles. The first kappa shape index (κ1) is 18.6. The lowest BCUT2D eigenvalue weighted by Crippen LogP contribution is -2.05. The monoisotopic (exact) mass is 420 g/mol. The SMILES string of the molecule is C[C@@H](Oc1ccc2[nH]nc(-c3cnc(F)c(F)c3)c2c1)c1c(Cl)cncc1Cl. The van der Waals surface area contributed by atoms with E-state index in [0.717, 1.165) is 6.07 Å². The van der Waals surface area contributed by atoms with Gasteiger partial charge in [-0.25, -0.2) is 9.37 Å². The van der Waals surface area contributed by atoms with Gasteiger partial charge >= 0.3 is 0 Å². The van der Waals surface area contributed by atoms with E-state index in [1.54, 1.807) is 18.2 Å². The van der Waals surface area contributed by atoms with E-state index < -0.39 is 17.9 Å². The predicted molar refractivity (Wildman–Crippen MR) is 103 cm³/mol. The molecule has 0 spiro atoms. The largest absolute Gasteiger partial charge is 0.486 e. The third kappa shape index (κ3) is 3.39. The van der Waals surface area contributed by atoms with Gasteiger partial charge in [-0.2, -0.15) is 9.49 Å².